The van der Waals surface area contributed by atoms with Crippen molar-refractivity contribution in [1.29, 1.82) is 0 Å². The Morgan fingerprint density at radius 3 is 2.49 bits per heavy atom. The molecule has 2 aromatic rings. The third kappa shape index (κ3) is 6.30. The summed E-state index contributed by atoms with van der Waals surface area (Å²) in [5.74, 6) is 2.35. The fourth-order valence-electron chi connectivity index (χ4n) is 6.59. The summed E-state index contributed by atoms with van der Waals surface area (Å²) in [4.78, 5) is 33.8. The number of hydrogen-bond donors (Lipinski definition) is 0. The number of terminal acetylenes is 1. The average molecular weight is 549 g/mol. The lowest BCUT2D eigenvalue weighted by Crippen LogP contribution is -2.55. The number of amides is 2. The molecule has 3 atom stereocenters. The number of nitrogens with zero attached hydrogens (tertiary/aromatic N) is 2. The molecule has 4 rings (SSSR count). The summed E-state index contributed by atoms with van der Waals surface area (Å²) < 4.78 is 0. The molecule has 3 unspecified atom stereocenters. The maximum Gasteiger partial charge on any atom is 0.256 e. The molecule has 2 aliphatic rings. The molecule has 4 heteroatoms. The normalized spacial score (nSPS) is 20.2. The van der Waals surface area contributed by atoms with Crippen molar-refractivity contribution >= 4 is 39.9 Å². The van der Waals surface area contributed by atoms with Gasteiger partial charge in [0.2, 0.25) is 5.91 Å². The van der Waals surface area contributed by atoms with Crippen LogP contribution in [0.2, 0.25) is 0 Å². The molecule has 1 aliphatic carbocycles. The van der Waals surface area contributed by atoms with Gasteiger partial charge in [-0.3, -0.25) is 19.5 Å². The van der Waals surface area contributed by atoms with Gasteiger partial charge in [0.05, 0.1) is 0 Å². The number of fused-ring (bicyclic) bond motifs is 2. The van der Waals surface area contributed by atoms with Crippen LogP contribution in [0.4, 0.5) is 0 Å². The molecule has 2 amide bonds. The molecule has 1 saturated heterocycles. The van der Waals surface area contributed by atoms with Gasteiger partial charge in [-0.15, -0.1) is 6.42 Å². The standard InChI is InChI=1S/C37H44N2O2/c1-6-10-12-16-28(9-4)39-36(40)33(17-11-7-2)35-24-26(20-21-34(35)37(39)41)29-22-23-30(27(15-8-3)25-38-5)32-19-14-13-18-31(29)32/h3,13-15,18-23,25,28,33,35H,6-7,9-12,16-17,24H2,1-2,4-5H3/b27-15+,38-25-. The Morgan fingerprint density at radius 2 is 1.80 bits per heavy atom. The average Bonchev–Trinajstić information content (AvgIpc) is 2.99. The molecule has 0 radical (unpaired) electrons. The van der Waals surface area contributed by atoms with Crippen LogP contribution in [0.3, 0.4) is 0 Å². The van der Waals surface area contributed by atoms with E-state index in [2.05, 4.69) is 68.1 Å². The third-order valence-corrected chi connectivity index (χ3v) is 8.74. The van der Waals surface area contributed by atoms with Crippen molar-refractivity contribution in [2.75, 3.05) is 7.05 Å². The summed E-state index contributed by atoms with van der Waals surface area (Å²) >= 11 is 0. The van der Waals surface area contributed by atoms with Crippen molar-refractivity contribution in [3.8, 4) is 12.3 Å². The first-order chi connectivity index (χ1) is 20.0. The minimum atomic E-state index is -0.167. The molecule has 0 aromatic heterocycles. The molecule has 0 N–H and O–H groups in total. The lowest BCUT2D eigenvalue weighted by Gasteiger charge is -2.43. The van der Waals surface area contributed by atoms with E-state index in [-0.39, 0.29) is 29.7 Å². The maximum atomic E-state index is 14.1. The molecule has 0 saturated carbocycles. The Balaban J connectivity index is 1.77. The second-order valence-corrected chi connectivity index (χ2v) is 11.3. The van der Waals surface area contributed by atoms with Gasteiger partial charge in [0, 0.05) is 42.3 Å². The van der Waals surface area contributed by atoms with Crippen molar-refractivity contribution in [3.63, 3.8) is 0 Å². The Labute approximate surface area is 246 Å². The molecular formula is C37H44N2O2. The van der Waals surface area contributed by atoms with Gasteiger partial charge in [-0.05, 0) is 59.2 Å². The maximum absolute atomic E-state index is 14.1. The van der Waals surface area contributed by atoms with Crippen molar-refractivity contribution in [2.24, 2.45) is 16.8 Å². The molecule has 1 fully saturated rings. The van der Waals surface area contributed by atoms with E-state index in [1.807, 2.05) is 12.1 Å². The van der Waals surface area contributed by atoms with Crippen LogP contribution in [0.25, 0.3) is 21.9 Å². The summed E-state index contributed by atoms with van der Waals surface area (Å²) in [6, 6.07) is 12.6. The zero-order valence-electron chi connectivity index (χ0n) is 25.2. The lowest BCUT2D eigenvalue weighted by molar-refractivity contribution is -0.153. The van der Waals surface area contributed by atoms with Gasteiger partial charge in [-0.1, -0.05) is 107 Å². The Hall–Kier alpha value is -3.71. The van der Waals surface area contributed by atoms with Crippen LogP contribution in [0.15, 0.2) is 65.2 Å². The zero-order valence-corrected chi connectivity index (χ0v) is 25.2. The molecule has 1 heterocycles. The minimum Gasteiger partial charge on any atom is -0.296 e. The highest BCUT2D eigenvalue weighted by Gasteiger charge is 2.47. The lowest BCUT2D eigenvalue weighted by atomic mass is 9.71. The second-order valence-electron chi connectivity index (χ2n) is 11.3. The largest absolute Gasteiger partial charge is 0.296 e. The number of carbonyl (C=O) groups is 2. The van der Waals surface area contributed by atoms with E-state index in [0.29, 0.717) is 6.42 Å². The molecule has 214 valence electrons. The first-order valence-corrected chi connectivity index (χ1v) is 15.4. The van der Waals surface area contributed by atoms with E-state index >= 15 is 0 Å². The van der Waals surface area contributed by atoms with Crippen LogP contribution in [-0.4, -0.2) is 36.0 Å². The fraction of sp³-hybridized carbons (Fsp3) is 0.432. The Morgan fingerprint density at radius 1 is 1.05 bits per heavy atom. The summed E-state index contributed by atoms with van der Waals surface area (Å²) in [7, 11) is 1.74. The van der Waals surface area contributed by atoms with Crippen LogP contribution in [0, 0.1) is 24.2 Å². The smallest absolute Gasteiger partial charge is 0.256 e. The van der Waals surface area contributed by atoms with Crippen molar-refractivity contribution < 1.29 is 9.59 Å². The number of aliphatic imine (C=N–C) groups is 1. The van der Waals surface area contributed by atoms with E-state index in [1.165, 1.54) is 5.57 Å². The molecule has 2 aromatic carbocycles. The zero-order chi connectivity index (χ0) is 29.4. The number of carbonyl (C=O) groups excluding carboxylic acids is 2. The molecular weight excluding hydrogens is 504 g/mol. The summed E-state index contributed by atoms with van der Waals surface area (Å²) in [5.41, 5.74) is 5.04. The number of hydrogen-bond acceptors (Lipinski definition) is 3. The highest BCUT2D eigenvalue weighted by Crippen LogP contribution is 2.45. The highest BCUT2D eigenvalue weighted by molar-refractivity contribution is 6.16. The van der Waals surface area contributed by atoms with E-state index in [0.717, 1.165) is 84.4 Å². The molecule has 1 aliphatic heterocycles. The van der Waals surface area contributed by atoms with Crippen molar-refractivity contribution in [1.82, 2.24) is 4.90 Å². The van der Waals surface area contributed by atoms with E-state index < -0.39 is 0 Å². The quantitative estimate of drug-likeness (QED) is 0.116. The topological polar surface area (TPSA) is 49.7 Å². The van der Waals surface area contributed by atoms with Gasteiger partial charge in [-0.2, -0.15) is 0 Å². The van der Waals surface area contributed by atoms with Gasteiger partial charge in [-0.25, -0.2) is 0 Å². The second kappa shape index (κ2) is 14.3. The summed E-state index contributed by atoms with van der Waals surface area (Å²) in [6.45, 7) is 6.45. The number of allylic oxidation sites excluding steroid dienone is 5. The van der Waals surface area contributed by atoms with Crippen LogP contribution in [0.5, 0.6) is 0 Å². The minimum absolute atomic E-state index is 0.0219. The Bertz CT molecular complexity index is 1430. The SMILES string of the molecule is C#C/C=C(\C=N/C)c1ccc(C2=CC=C3C(=O)N(C(CC)CCCCC)C(=O)C(CCCC)C3C2)c2ccccc12. The van der Waals surface area contributed by atoms with Crippen LogP contribution < -0.4 is 0 Å². The number of rotatable bonds is 12. The molecule has 0 bridgehead atoms. The van der Waals surface area contributed by atoms with Crippen LogP contribution in [0.1, 0.15) is 89.7 Å². The van der Waals surface area contributed by atoms with E-state index in [4.69, 9.17) is 6.42 Å². The number of likely N-dealkylation sites (tertiary alicyclic amines) is 1. The van der Waals surface area contributed by atoms with Gasteiger partial charge in [0.15, 0.2) is 0 Å². The highest BCUT2D eigenvalue weighted by atomic mass is 16.2. The van der Waals surface area contributed by atoms with Gasteiger partial charge in [0.25, 0.3) is 5.91 Å². The van der Waals surface area contributed by atoms with E-state index in [9.17, 15) is 9.59 Å². The van der Waals surface area contributed by atoms with Gasteiger partial charge < -0.3 is 0 Å². The van der Waals surface area contributed by atoms with Crippen LogP contribution in [-0.2, 0) is 9.59 Å². The number of unbranched alkanes of at least 4 members (excludes halogenated alkanes) is 3. The number of imide groups is 1. The fourth-order valence-corrected chi connectivity index (χ4v) is 6.59. The summed E-state index contributed by atoms with van der Waals surface area (Å²) in [6.07, 6.45) is 21.8. The van der Waals surface area contributed by atoms with Crippen LogP contribution >= 0.6 is 0 Å². The monoisotopic (exact) mass is 548 g/mol. The van der Waals surface area contributed by atoms with E-state index in [1.54, 1.807) is 24.2 Å². The van der Waals surface area contributed by atoms with Crippen molar-refractivity contribution in [3.05, 3.63) is 71.3 Å². The predicted molar refractivity (Wildman–Crippen MR) is 172 cm³/mol. The molecule has 0 spiro atoms. The number of benzene rings is 2. The van der Waals surface area contributed by atoms with Crippen molar-refractivity contribution in [2.45, 2.75) is 84.6 Å². The number of piperidine rings is 1. The van der Waals surface area contributed by atoms with Gasteiger partial charge >= 0.3 is 0 Å². The predicted octanol–water partition coefficient (Wildman–Crippen LogP) is 8.42. The molecule has 4 nitrogen and oxygen atoms in total. The molecule has 41 heavy (non-hydrogen) atoms. The first-order valence-electron chi connectivity index (χ1n) is 15.4. The van der Waals surface area contributed by atoms with Gasteiger partial charge in [0.1, 0.15) is 0 Å². The Kier molecular flexibility index (Phi) is 10.5. The first kappa shape index (κ1) is 30.3. The third-order valence-electron chi connectivity index (χ3n) is 8.74. The summed E-state index contributed by atoms with van der Waals surface area (Å²) in [5, 5.41) is 2.23.